The minimum atomic E-state index is -0.604. The van der Waals surface area contributed by atoms with Crippen LogP contribution in [0.2, 0.25) is 0 Å². The number of anilines is 3. The fourth-order valence-electron chi connectivity index (χ4n) is 10.7. The molecule has 6 heterocycles. The second kappa shape index (κ2) is 21.8. The lowest BCUT2D eigenvalue weighted by molar-refractivity contribution is -0.139. The summed E-state index contributed by atoms with van der Waals surface area (Å²) < 4.78 is 7.63. The summed E-state index contributed by atoms with van der Waals surface area (Å²) in [7, 11) is 1.73. The topological polar surface area (TPSA) is 214 Å². The van der Waals surface area contributed by atoms with Gasteiger partial charge in [0.1, 0.15) is 34.0 Å². The van der Waals surface area contributed by atoms with Crippen LogP contribution in [0.5, 0.6) is 5.75 Å². The molecule has 0 bridgehead atoms. The van der Waals surface area contributed by atoms with Crippen LogP contribution in [0.1, 0.15) is 134 Å². The van der Waals surface area contributed by atoms with E-state index in [0.29, 0.717) is 77.4 Å². The number of ether oxygens (including phenoxy) is 1. The van der Waals surface area contributed by atoms with Gasteiger partial charge in [-0.3, -0.25) is 33.3 Å². The zero-order valence-corrected chi connectivity index (χ0v) is 41.8. The van der Waals surface area contributed by atoms with Gasteiger partial charge >= 0.3 is 0 Å². The number of amides is 3. The van der Waals surface area contributed by atoms with E-state index in [9.17, 15) is 28.8 Å². The van der Waals surface area contributed by atoms with Crippen molar-refractivity contribution in [1.29, 1.82) is 0 Å². The van der Waals surface area contributed by atoms with Crippen molar-refractivity contribution in [3.05, 3.63) is 91.9 Å². The Hall–Kier alpha value is -6.60. The number of ketones is 2. The molecular weight excluding hydrogens is 923 g/mol. The van der Waals surface area contributed by atoms with E-state index in [0.717, 1.165) is 76.3 Å². The third-order valence-corrected chi connectivity index (χ3v) is 15.7. The molecule has 1 aromatic carbocycles. The normalized spacial score (nSPS) is 18.6. The van der Waals surface area contributed by atoms with E-state index in [1.165, 1.54) is 18.3 Å². The van der Waals surface area contributed by atoms with Gasteiger partial charge in [0.05, 0.1) is 29.5 Å². The number of carbonyl (C=O) groups excluding carboxylic acids is 5. The Morgan fingerprint density at radius 2 is 1.63 bits per heavy atom. The van der Waals surface area contributed by atoms with Crippen LogP contribution in [0.3, 0.4) is 0 Å². The highest BCUT2D eigenvalue weighted by atomic mass is 32.1. The van der Waals surface area contributed by atoms with E-state index in [2.05, 4.69) is 30.8 Å². The third kappa shape index (κ3) is 10.7. The number of carbonyl (C=O) groups is 5. The van der Waals surface area contributed by atoms with Crippen molar-refractivity contribution in [3.63, 3.8) is 0 Å². The summed E-state index contributed by atoms with van der Waals surface area (Å²) in [6.07, 6.45) is 13.7. The Labute approximate surface area is 417 Å². The molecular formula is C52H63N11O7S. The maximum atomic E-state index is 14.2. The number of Topliss-reactive ketones (excluding diaryl/α,β-unsaturated/α-hetero) is 1. The van der Waals surface area contributed by atoms with Crippen LogP contribution >= 0.6 is 11.3 Å². The molecule has 2 saturated heterocycles. The number of likely N-dealkylation sites (N-methyl/N-ethyl adjacent to an activating group) is 1. The first-order valence-electron chi connectivity index (χ1n) is 25.1. The Bertz CT molecular complexity index is 2850. The number of rotatable bonds is 16. The van der Waals surface area contributed by atoms with E-state index < -0.39 is 12.1 Å². The van der Waals surface area contributed by atoms with Crippen LogP contribution < -0.4 is 31.1 Å². The van der Waals surface area contributed by atoms with Crippen LogP contribution in [-0.4, -0.2) is 122 Å². The molecule has 19 heteroatoms. The van der Waals surface area contributed by atoms with E-state index >= 15 is 0 Å². The van der Waals surface area contributed by atoms with Gasteiger partial charge in [-0.2, -0.15) is 4.98 Å². The van der Waals surface area contributed by atoms with Crippen LogP contribution in [0.15, 0.2) is 59.0 Å². The predicted molar refractivity (Wildman–Crippen MR) is 271 cm³/mol. The maximum Gasteiger partial charge on any atom is 0.263 e. The van der Waals surface area contributed by atoms with Gasteiger partial charge in [0, 0.05) is 61.3 Å². The van der Waals surface area contributed by atoms with Crippen molar-refractivity contribution in [2.45, 2.75) is 116 Å². The molecule has 2 unspecified atom stereocenters. The van der Waals surface area contributed by atoms with Crippen LogP contribution in [0.25, 0.3) is 11.0 Å². The number of pyridine rings is 2. The van der Waals surface area contributed by atoms with Crippen LogP contribution in [0, 0.1) is 12.8 Å². The SMILES string of the molecule is CNC(C)C(=O)N[C@H](C(=O)N1CCCC1c1nc(C(=O)c2cccc(OCC(=O)N3CCN(c4ccc(Nc5ncc6c(C)c(C(C)=O)c(=O)n(C7CCCC7)c6n5)nc4)CC3)c2)cs1)C1CCCCC1. The summed E-state index contributed by atoms with van der Waals surface area (Å²) in [6, 6.07) is 9.21. The van der Waals surface area contributed by atoms with E-state index in [1.54, 1.807) is 72.4 Å². The summed E-state index contributed by atoms with van der Waals surface area (Å²) in [5, 5.41) is 12.3. The quantitative estimate of drug-likeness (QED) is 0.0926. The molecule has 374 valence electrons. The first-order chi connectivity index (χ1) is 34.4. The van der Waals surface area contributed by atoms with Crippen molar-refractivity contribution >= 4 is 69.1 Å². The molecule has 9 rings (SSSR count). The molecule has 2 aliphatic heterocycles. The fourth-order valence-corrected chi connectivity index (χ4v) is 11.6. The average molecular weight is 986 g/mol. The fraction of sp³-hybridized carbons (Fsp3) is 0.500. The number of thiazole rings is 1. The number of aromatic nitrogens is 5. The Kier molecular flexibility index (Phi) is 15.2. The molecule has 3 atom stereocenters. The second-order valence-corrected chi connectivity index (χ2v) is 20.2. The summed E-state index contributed by atoms with van der Waals surface area (Å²) in [5.74, 6) is 0.311. The highest BCUT2D eigenvalue weighted by Crippen LogP contribution is 2.37. The third-order valence-electron chi connectivity index (χ3n) is 14.8. The lowest BCUT2D eigenvalue weighted by Crippen LogP contribution is -2.55. The van der Waals surface area contributed by atoms with Gasteiger partial charge in [-0.05, 0) is 102 Å². The Morgan fingerprint density at radius 1 is 0.873 bits per heavy atom. The van der Waals surface area contributed by atoms with Gasteiger partial charge in [-0.15, -0.1) is 11.3 Å². The largest absolute Gasteiger partial charge is 0.484 e. The van der Waals surface area contributed by atoms with Gasteiger partial charge in [0.25, 0.3) is 11.5 Å². The first-order valence-corrected chi connectivity index (χ1v) is 26.0. The molecule has 2 saturated carbocycles. The summed E-state index contributed by atoms with van der Waals surface area (Å²) in [6.45, 7) is 7.51. The van der Waals surface area contributed by atoms with E-state index in [-0.39, 0.29) is 70.7 Å². The van der Waals surface area contributed by atoms with Gasteiger partial charge in [-0.1, -0.05) is 44.2 Å². The summed E-state index contributed by atoms with van der Waals surface area (Å²) in [4.78, 5) is 105. The number of hydrogen-bond donors (Lipinski definition) is 3. The maximum absolute atomic E-state index is 14.2. The summed E-state index contributed by atoms with van der Waals surface area (Å²) in [5.41, 5.74) is 2.54. The average Bonchev–Trinajstić information content (AvgIpc) is 4.21. The van der Waals surface area contributed by atoms with Crippen molar-refractivity contribution in [2.75, 3.05) is 56.6 Å². The highest BCUT2D eigenvalue weighted by Gasteiger charge is 2.40. The van der Waals surface area contributed by atoms with Crippen LogP contribution in [-0.2, 0) is 14.4 Å². The molecule has 71 heavy (non-hydrogen) atoms. The number of benzene rings is 1. The van der Waals surface area contributed by atoms with Crippen molar-refractivity contribution in [2.24, 2.45) is 5.92 Å². The lowest BCUT2D eigenvalue weighted by atomic mass is 9.83. The van der Waals surface area contributed by atoms with E-state index in [1.807, 2.05) is 17.0 Å². The summed E-state index contributed by atoms with van der Waals surface area (Å²) >= 11 is 1.36. The minimum absolute atomic E-state index is 0.0237. The molecule has 0 radical (unpaired) electrons. The smallest absolute Gasteiger partial charge is 0.263 e. The van der Waals surface area contributed by atoms with Gasteiger partial charge in [-0.25, -0.2) is 15.0 Å². The number of nitrogens with one attached hydrogen (secondary N) is 3. The lowest BCUT2D eigenvalue weighted by Gasteiger charge is -2.35. The number of likely N-dealkylation sites (tertiary alicyclic amines) is 1. The monoisotopic (exact) mass is 985 g/mol. The Morgan fingerprint density at radius 3 is 2.35 bits per heavy atom. The van der Waals surface area contributed by atoms with Crippen LogP contribution in [0.4, 0.5) is 17.5 Å². The zero-order chi connectivity index (χ0) is 49.8. The van der Waals surface area contributed by atoms with Gasteiger partial charge in [0.2, 0.25) is 23.5 Å². The molecule has 5 aromatic rings. The highest BCUT2D eigenvalue weighted by molar-refractivity contribution is 7.10. The molecule has 3 amide bonds. The van der Waals surface area contributed by atoms with Crippen molar-refractivity contribution < 1.29 is 28.7 Å². The standard InChI is InChI=1S/C52H63N11O7S/c1-31-39-28-55-52(59-47(39)63(36-15-8-9-16-36)50(68)44(31)33(3)64)57-42-20-19-37(27-54-42)60-22-24-61(25-23-60)43(65)29-70-38-17-10-14-35(26-38)46(66)40-30-71-49(56-40)41-18-11-21-62(41)51(69)45(34-12-6-5-7-13-34)58-48(67)32(2)53-4/h10,14,17,19-20,26-28,30,32,34,36,41,45,53H,5-9,11-13,15-16,18,21-25,29H2,1-4H3,(H,58,67)(H,54,55,57,59)/t32?,41?,45-/m0/s1. The number of aryl methyl sites for hydroxylation is 1. The van der Waals surface area contributed by atoms with Crippen molar-refractivity contribution in [3.8, 4) is 5.75 Å². The molecule has 4 aromatic heterocycles. The molecule has 0 spiro atoms. The molecule has 18 nitrogen and oxygen atoms in total. The number of piperazine rings is 1. The second-order valence-electron chi connectivity index (χ2n) is 19.3. The predicted octanol–water partition coefficient (Wildman–Crippen LogP) is 6.31. The van der Waals surface area contributed by atoms with E-state index in [4.69, 9.17) is 14.7 Å². The molecule has 2 aliphatic carbocycles. The number of fused-ring (bicyclic) bond motifs is 1. The van der Waals surface area contributed by atoms with Gasteiger partial charge < -0.3 is 35.4 Å². The van der Waals surface area contributed by atoms with Crippen molar-refractivity contribution in [1.82, 2.24) is 44.9 Å². The van der Waals surface area contributed by atoms with Gasteiger partial charge in [0.15, 0.2) is 12.4 Å². The molecule has 3 N–H and O–H groups in total. The number of nitrogens with zero attached hydrogens (tertiary/aromatic N) is 8. The molecule has 4 fully saturated rings. The zero-order valence-electron chi connectivity index (χ0n) is 40.9. The Balaban J connectivity index is 0.774. The first kappa shape index (κ1) is 49.4. The molecule has 4 aliphatic rings. The number of hydrogen-bond acceptors (Lipinski definition) is 15. The minimum Gasteiger partial charge on any atom is -0.484 e.